The van der Waals surface area contributed by atoms with Gasteiger partial charge in [-0.3, -0.25) is 4.79 Å². The Kier molecular flexibility index (Phi) is 6.86. The van der Waals surface area contributed by atoms with E-state index < -0.39 is 11.9 Å². The molecule has 0 bridgehead atoms. The molecule has 2 heterocycles. The summed E-state index contributed by atoms with van der Waals surface area (Å²) < 4.78 is 26.0. The molecular formula is C26H30FN5O5. The standard InChI is InChI=1S/C26H30FN5O5/c1-13-21(25(33)31-15-5-7-16(8-6-15)32-26(34)35)23-24(30-13)22(28-12-29-23)17-9-18(27)20(36-2)10-19(17)37-11-14-3-4-14/h9-10,12,14-16,30,32H,3-8,11H2,1-2H3,(H,31,33)(H,34,35)/t15-,16+. The minimum Gasteiger partial charge on any atom is -0.494 e. The molecule has 5 rings (SSSR count). The fourth-order valence-corrected chi connectivity index (χ4v) is 4.91. The van der Waals surface area contributed by atoms with Gasteiger partial charge in [-0.2, -0.15) is 0 Å². The van der Waals surface area contributed by atoms with Crippen LogP contribution in [0.3, 0.4) is 0 Å². The normalized spacial score (nSPS) is 19.4. The van der Waals surface area contributed by atoms with Crippen molar-refractivity contribution in [3.05, 3.63) is 35.5 Å². The van der Waals surface area contributed by atoms with E-state index in [1.165, 1.54) is 25.6 Å². The van der Waals surface area contributed by atoms with Crippen molar-refractivity contribution in [3.8, 4) is 22.8 Å². The summed E-state index contributed by atoms with van der Waals surface area (Å²) in [6.07, 6.45) is 5.20. The van der Waals surface area contributed by atoms with Gasteiger partial charge in [-0.1, -0.05) is 0 Å². The summed E-state index contributed by atoms with van der Waals surface area (Å²) in [7, 11) is 1.40. The number of aromatic amines is 1. The van der Waals surface area contributed by atoms with Crippen molar-refractivity contribution in [1.82, 2.24) is 25.6 Å². The molecule has 2 fully saturated rings. The van der Waals surface area contributed by atoms with Crippen LogP contribution in [-0.2, 0) is 0 Å². The summed E-state index contributed by atoms with van der Waals surface area (Å²) in [5.74, 6) is 0.213. The van der Waals surface area contributed by atoms with Crippen molar-refractivity contribution in [2.45, 2.75) is 57.5 Å². The average Bonchev–Trinajstić information content (AvgIpc) is 3.63. The molecule has 11 heteroatoms. The highest BCUT2D eigenvalue weighted by molar-refractivity contribution is 6.09. The topological polar surface area (TPSA) is 138 Å². The van der Waals surface area contributed by atoms with Gasteiger partial charge in [0.1, 0.15) is 23.3 Å². The maximum atomic E-state index is 14.8. The third kappa shape index (κ3) is 5.30. The maximum absolute atomic E-state index is 14.8. The number of H-pyrrole nitrogens is 1. The van der Waals surface area contributed by atoms with Crippen LogP contribution in [0.25, 0.3) is 22.3 Å². The molecule has 1 aromatic carbocycles. The predicted octanol–water partition coefficient (Wildman–Crippen LogP) is 4.18. The van der Waals surface area contributed by atoms with Crippen LogP contribution in [0.4, 0.5) is 9.18 Å². The van der Waals surface area contributed by atoms with Gasteiger partial charge in [0.2, 0.25) is 0 Å². The quantitative estimate of drug-likeness (QED) is 0.356. The molecule has 10 nitrogen and oxygen atoms in total. The van der Waals surface area contributed by atoms with E-state index in [2.05, 4.69) is 25.6 Å². The number of aromatic nitrogens is 3. The second kappa shape index (κ2) is 10.2. The van der Waals surface area contributed by atoms with Crippen LogP contribution < -0.4 is 20.1 Å². The number of aryl methyl sites for hydroxylation is 1. The Bertz CT molecular complexity index is 1330. The van der Waals surface area contributed by atoms with Gasteiger partial charge < -0.3 is 30.2 Å². The van der Waals surface area contributed by atoms with Crippen LogP contribution >= 0.6 is 0 Å². The van der Waals surface area contributed by atoms with Crippen LogP contribution in [0.15, 0.2) is 18.5 Å². The second-order valence-corrected chi connectivity index (χ2v) is 9.78. The first kappa shape index (κ1) is 24.8. The molecule has 3 aromatic rings. The Morgan fingerprint density at radius 2 is 1.78 bits per heavy atom. The molecule has 196 valence electrons. The second-order valence-electron chi connectivity index (χ2n) is 9.78. The van der Waals surface area contributed by atoms with Gasteiger partial charge in [0.15, 0.2) is 11.6 Å². The first-order valence-electron chi connectivity index (χ1n) is 12.5. The van der Waals surface area contributed by atoms with Crippen LogP contribution in [0.5, 0.6) is 11.5 Å². The monoisotopic (exact) mass is 511 g/mol. The number of halogens is 1. The smallest absolute Gasteiger partial charge is 0.404 e. The number of carbonyl (C=O) groups excluding carboxylic acids is 1. The van der Waals surface area contributed by atoms with E-state index in [4.69, 9.17) is 14.6 Å². The van der Waals surface area contributed by atoms with Crippen molar-refractivity contribution in [3.63, 3.8) is 0 Å². The lowest BCUT2D eigenvalue weighted by atomic mass is 9.91. The summed E-state index contributed by atoms with van der Waals surface area (Å²) in [5.41, 5.74) is 2.85. The third-order valence-corrected chi connectivity index (χ3v) is 7.07. The summed E-state index contributed by atoms with van der Waals surface area (Å²) >= 11 is 0. The molecule has 2 aliphatic carbocycles. The molecule has 2 aromatic heterocycles. The number of methoxy groups -OCH3 is 1. The molecule has 2 aliphatic rings. The Balaban J connectivity index is 1.43. The predicted molar refractivity (Wildman–Crippen MR) is 133 cm³/mol. The van der Waals surface area contributed by atoms with Crippen LogP contribution in [0.2, 0.25) is 0 Å². The Morgan fingerprint density at radius 1 is 1.08 bits per heavy atom. The number of carboxylic acid groups (broad SMARTS) is 1. The zero-order valence-electron chi connectivity index (χ0n) is 20.8. The number of hydrogen-bond acceptors (Lipinski definition) is 6. The molecule has 2 amide bonds. The summed E-state index contributed by atoms with van der Waals surface area (Å²) in [4.78, 5) is 36.2. The van der Waals surface area contributed by atoms with E-state index in [0.717, 1.165) is 12.8 Å². The van der Waals surface area contributed by atoms with Gasteiger partial charge in [-0.25, -0.2) is 19.2 Å². The summed E-state index contributed by atoms with van der Waals surface area (Å²) in [6, 6.07) is 2.70. The number of fused-ring (bicyclic) bond motifs is 1. The number of hydrogen-bond donors (Lipinski definition) is 4. The molecule has 4 N–H and O–H groups in total. The van der Waals surface area contributed by atoms with Gasteiger partial charge >= 0.3 is 6.09 Å². The van der Waals surface area contributed by atoms with E-state index in [1.54, 1.807) is 6.92 Å². The number of rotatable bonds is 8. The number of nitrogens with zero attached hydrogens (tertiary/aromatic N) is 2. The summed E-state index contributed by atoms with van der Waals surface area (Å²) in [6.45, 7) is 2.31. The lowest BCUT2D eigenvalue weighted by Crippen LogP contribution is -2.43. The Labute approximate surface area is 213 Å². The molecule has 2 saturated carbocycles. The average molecular weight is 512 g/mol. The molecular weight excluding hydrogens is 481 g/mol. The first-order valence-corrected chi connectivity index (χ1v) is 12.5. The third-order valence-electron chi connectivity index (χ3n) is 7.07. The fraction of sp³-hybridized carbons (Fsp3) is 0.462. The Morgan fingerprint density at radius 3 is 2.43 bits per heavy atom. The van der Waals surface area contributed by atoms with Gasteiger partial charge in [0, 0.05) is 29.4 Å². The van der Waals surface area contributed by atoms with Gasteiger partial charge in [-0.05, 0) is 57.4 Å². The van der Waals surface area contributed by atoms with Crippen molar-refractivity contribution >= 4 is 23.0 Å². The fourth-order valence-electron chi connectivity index (χ4n) is 4.91. The van der Waals surface area contributed by atoms with E-state index >= 15 is 0 Å². The highest BCUT2D eigenvalue weighted by Crippen LogP contribution is 2.39. The molecule has 0 saturated heterocycles. The van der Waals surface area contributed by atoms with Crippen LogP contribution in [0, 0.1) is 18.7 Å². The molecule has 0 spiro atoms. The van der Waals surface area contributed by atoms with Crippen molar-refractivity contribution in [1.29, 1.82) is 0 Å². The largest absolute Gasteiger partial charge is 0.494 e. The number of benzene rings is 1. The lowest BCUT2D eigenvalue weighted by Gasteiger charge is -2.28. The SMILES string of the molecule is COc1cc(OCC2CC2)c(-c2ncnc3c(C(=O)N[C@H]4CC[C@@H](NC(=O)O)CC4)c(C)[nH]c23)cc1F. The number of carbonyl (C=O) groups is 2. The molecule has 0 atom stereocenters. The first-order chi connectivity index (χ1) is 17.8. The summed E-state index contributed by atoms with van der Waals surface area (Å²) in [5, 5.41) is 14.5. The number of amides is 2. The van der Waals surface area contributed by atoms with Crippen molar-refractivity contribution in [2.75, 3.05) is 13.7 Å². The highest BCUT2D eigenvalue weighted by atomic mass is 19.1. The number of nitrogens with one attached hydrogen (secondary N) is 3. The van der Waals surface area contributed by atoms with E-state index in [0.29, 0.717) is 77.5 Å². The maximum Gasteiger partial charge on any atom is 0.404 e. The van der Waals surface area contributed by atoms with Crippen molar-refractivity contribution < 1.29 is 28.6 Å². The molecule has 0 radical (unpaired) electrons. The van der Waals surface area contributed by atoms with E-state index in [9.17, 15) is 14.0 Å². The van der Waals surface area contributed by atoms with Crippen molar-refractivity contribution in [2.24, 2.45) is 5.92 Å². The molecule has 0 aliphatic heterocycles. The number of ether oxygens (including phenoxy) is 2. The van der Waals surface area contributed by atoms with Gasteiger partial charge in [0.25, 0.3) is 5.91 Å². The minimum absolute atomic E-state index is 0.0666. The van der Waals surface area contributed by atoms with Crippen LogP contribution in [-0.4, -0.2) is 57.9 Å². The van der Waals surface area contributed by atoms with Crippen LogP contribution in [0.1, 0.15) is 54.6 Å². The van der Waals surface area contributed by atoms with Gasteiger partial charge in [-0.15, -0.1) is 0 Å². The van der Waals surface area contributed by atoms with Gasteiger partial charge in [0.05, 0.1) is 24.8 Å². The molecule has 0 unspecified atom stereocenters. The van der Waals surface area contributed by atoms with E-state index in [-0.39, 0.29) is 23.7 Å². The molecule has 37 heavy (non-hydrogen) atoms. The highest BCUT2D eigenvalue weighted by Gasteiger charge is 2.28. The zero-order valence-corrected chi connectivity index (χ0v) is 20.8. The van der Waals surface area contributed by atoms with E-state index in [1.807, 2.05) is 0 Å². The Hall–Kier alpha value is -3.89. The zero-order chi connectivity index (χ0) is 26.1. The minimum atomic E-state index is -1.03. The lowest BCUT2D eigenvalue weighted by molar-refractivity contribution is 0.0924.